The predicted molar refractivity (Wildman–Crippen MR) is 265 cm³/mol. The van der Waals surface area contributed by atoms with Gasteiger partial charge in [0.2, 0.25) is 0 Å². The van der Waals surface area contributed by atoms with Gasteiger partial charge < -0.3 is 120 Å². The van der Waals surface area contributed by atoms with Crippen LogP contribution in [0.4, 0.5) is 0 Å². The fourth-order valence-electron chi connectivity index (χ4n) is 17.4. The monoisotopic (exact) mass is 1140 g/mol. The van der Waals surface area contributed by atoms with Crippen molar-refractivity contribution in [3.8, 4) is 0 Å². The number of ether oxygens (including phenoxy) is 8. The summed E-state index contributed by atoms with van der Waals surface area (Å²) in [5, 5.41) is 174. The molecule has 4 aliphatic heterocycles. The first-order valence-corrected chi connectivity index (χ1v) is 28.1. The van der Waals surface area contributed by atoms with Crippen LogP contribution in [0.3, 0.4) is 0 Å². The van der Waals surface area contributed by atoms with Gasteiger partial charge in [-0.1, -0.05) is 46.8 Å². The molecule has 0 amide bonds. The summed E-state index contributed by atoms with van der Waals surface area (Å²) in [6.45, 7) is 16.0. The molecule has 9 rings (SSSR count). The summed E-state index contributed by atoms with van der Waals surface area (Å²) in [5.74, 6) is -10.5. The quantitative estimate of drug-likeness (QED) is 0.0396. The van der Waals surface area contributed by atoms with Crippen LogP contribution in [0.2, 0.25) is 0 Å². The van der Waals surface area contributed by atoms with Gasteiger partial charge in [-0.2, -0.15) is 0 Å². The summed E-state index contributed by atoms with van der Waals surface area (Å²) in [5.41, 5.74) is -1.86. The van der Waals surface area contributed by atoms with Crippen molar-refractivity contribution in [2.24, 2.45) is 56.7 Å². The number of aliphatic hydroxyl groups is 16. The van der Waals surface area contributed by atoms with E-state index in [0.717, 1.165) is 31.3 Å². The fraction of sp³-hybridized carbons (Fsp3) is 0.944. The maximum atomic E-state index is 15.2. The Bertz CT molecular complexity index is 2220. The smallest absolute Gasteiger partial charge is 0.357 e. The lowest BCUT2D eigenvalue weighted by Gasteiger charge is -2.73. The van der Waals surface area contributed by atoms with Gasteiger partial charge in [0.15, 0.2) is 24.6 Å². The molecule has 0 aromatic carbocycles. The molecule has 4 heterocycles. The molecule has 0 aromatic heterocycles. The zero-order valence-corrected chi connectivity index (χ0v) is 46.0. The lowest BCUT2D eigenvalue weighted by Crippen LogP contribution is -2.70. The van der Waals surface area contributed by atoms with Gasteiger partial charge in [0.25, 0.3) is 0 Å². The topological polar surface area (TPSA) is 415 Å². The molecule has 0 bridgehead atoms. The first-order valence-electron chi connectivity index (χ1n) is 28.1. The maximum absolute atomic E-state index is 15.2. The minimum absolute atomic E-state index is 0.0537. The molecule has 25 heteroatoms. The lowest BCUT2D eigenvalue weighted by atomic mass is 9.32. The highest BCUT2D eigenvalue weighted by Gasteiger charge is 2.74. The Morgan fingerprint density at radius 2 is 1.19 bits per heavy atom. The molecule has 79 heavy (non-hydrogen) atoms. The molecule has 5 aliphatic carbocycles. The third kappa shape index (κ3) is 9.52. The van der Waals surface area contributed by atoms with Crippen LogP contribution in [0.15, 0.2) is 12.2 Å². The molecule has 4 saturated heterocycles. The third-order valence-electron chi connectivity index (χ3n) is 22.1. The zero-order valence-electron chi connectivity index (χ0n) is 46.0. The van der Waals surface area contributed by atoms with E-state index in [9.17, 15) is 81.7 Å². The Labute approximate surface area is 458 Å². The number of hydrogen-bond acceptors (Lipinski definition) is 25. The number of fused-ring (bicyclic) bond motifs is 7. The van der Waals surface area contributed by atoms with Crippen molar-refractivity contribution in [1.82, 2.24) is 0 Å². The molecular formula is C54H88O25. The van der Waals surface area contributed by atoms with Gasteiger partial charge in [-0.3, -0.25) is 4.79 Å². The summed E-state index contributed by atoms with van der Waals surface area (Å²) in [6, 6.07) is 0. The van der Waals surface area contributed by atoms with Crippen LogP contribution in [0.1, 0.15) is 113 Å². The van der Waals surface area contributed by atoms with Crippen LogP contribution in [0, 0.1) is 56.7 Å². The molecule has 0 aromatic rings. The standard InChI is InChI=1S/C54H88O25/c1-22(2)24-11-16-51(46(68)79-54(71)43(66)38(62)35(59)28(77-54)21-72-52(69)44(67)40(64)41(27(20-56)76-52)74-45-39(63)36(60)33(57)23(3)73-45)18-17-49(7)25(32(24)51)9-10-30-48(6)14-13-31(47(4,5)29(48)12-15-50(30,49)8)78-53(70)42(65)37(61)34(58)26(19-55)75-53/h23-45,55-67,69-71H,1,9-21H2,2-8H3/t23-,24+,25?,26?,27?,28?,29?,30?,31+,32-,33-,34-,35-,36+,37?,38?,39+,40?,41-,42+,43+,44+,45?,48+,49-,50-,51+,52+,53-,54-/m1/s1. The summed E-state index contributed by atoms with van der Waals surface area (Å²) >= 11 is 0. The Morgan fingerprint density at radius 1 is 0.595 bits per heavy atom. The Hall–Kier alpha value is -1.71. The van der Waals surface area contributed by atoms with Crippen LogP contribution < -0.4 is 0 Å². The van der Waals surface area contributed by atoms with E-state index in [1.807, 2.05) is 6.92 Å². The van der Waals surface area contributed by atoms with Gasteiger partial charge in [-0.25, -0.2) is 0 Å². The summed E-state index contributed by atoms with van der Waals surface area (Å²) in [6.07, 6.45) is -26.4. The molecule has 10 unspecified atom stereocenters. The normalized spacial score (nSPS) is 56.3. The second kappa shape index (κ2) is 21.4. The lowest BCUT2D eigenvalue weighted by molar-refractivity contribution is -0.474. The number of esters is 1. The SMILES string of the molecule is C=C(C)[C@@H]1CC[C@]2(C(=O)O[C@]3(O)OC(CO[C@]4(O)OC(CO)[C@@H](OC5O[C@H](C)[C@@H](O)[C@H](O)[C@@H]5O)C(O)[C@@H]4O)[C@@H](O)C(O)[C@@H]3O)CC[C@]3(C)C(CCC4[C@@]5(C)CC[C@H](O[C@]6(O)OC(CO)[C@@H](O)C(O)[C@@H]6O)C(C)(C)C5CC[C@]43C)[C@@H]12. The Balaban J connectivity index is 0.906. The highest BCUT2D eigenvalue weighted by atomic mass is 16.9. The first kappa shape index (κ1) is 61.8. The van der Waals surface area contributed by atoms with E-state index in [-0.39, 0.29) is 45.8 Å². The Kier molecular flexibility index (Phi) is 16.7. The Morgan fingerprint density at radius 3 is 1.82 bits per heavy atom. The second-order valence-corrected chi connectivity index (χ2v) is 26.3. The van der Waals surface area contributed by atoms with E-state index in [4.69, 9.17) is 37.9 Å². The third-order valence-corrected chi connectivity index (χ3v) is 22.1. The number of aliphatic hydroxyl groups excluding tert-OH is 13. The van der Waals surface area contributed by atoms with E-state index >= 15 is 4.79 Å². The minimum atomic E-state index is -3.33. The fourth-order valence-corrected chi connectivity index (χ4v) is 17.4. The zero-order chi connectivity index (χ0) is 58.3. The van der Waals surface area contributed by atoms with Crippen molar-refractivity contribution in [2.45, 2.75) is 241 Å². The number of rotatable bonds is 12. The minimum Gasteiger partial charge on any atom is -0.405 e. The molecule has 0 radical (unpaired) electrons. The van der Waals surface area contributed by atoms with Crippen LogP contribution >= 0.6 is 0 Å². The van der Waals surface area contributed by atoms with Crippen molar-refractivity contribution in [1.29, 1.82) is 0 Å². The molecule has 9 aliphatic rings. The van der Waals surface area contributed by atoms with Gasteiger partial charge in [0.05, 0.1) is 37.4 Å². The number of carbonyl (C=O) groups excluding carboxylic acids is 1. The van der Waals surface area contributed by atoms with Crippen LogP contribution in [-0.2, 0) is 42.7 Å². The predicted octanol–water partition coefficient (Wildman–Crippen LogP) is -3.19. The highest BCUT2D eigenvalue weighted by Crippen LogP contribution is 2.78. The molecule has 16 N–H and O–H groups in total. The van der Waals surface area contributed by atoms with Gasteiger partial charge in [-0.15, -0.1) is 0 Å². The van der Waals surface area contributed by atoms with Crippen molar-refractivity contribution in [3.63, 3.8) is 0 Å². The van der Waals surface area contributed by atoms with Gasteiger partial charge in [0.1, 0.15) is 73.2 Å². The number of allylic oxidation sites excluding steroid dienone is 1. The van der Waals surface area contributed by atoms with Crippen molar-refractivity contribution in [2.75, 3.05) is 19.8 Å². The molecule has 5 saturated carbocycles. The van der Waals surface area contributed by atoms with E-state index in [1.54, 1.807) is 0 Å². The molecule has 454 valence electrons. The number of carbonyl (C=O) groups is 1. The van der Waals surface area contributed by atoms with Gasteiger partial charge in [-0.05, 0) is 129 Å². The molecule has 25 nitrogen and oxygen atoms in total. The van der Waals surface area contributed by atoms with Crippen molar-refractivity contribution >= 4 is 5.97 Å². The first-order chi connectivity index (χ1) is 36.7. The summed E-state index contributed by atoms with van der Waals surface area (Å²) in [4.78, 5) is 15.2. The maximum Gasteiger partial charge on any atom is 0.357 e. The largest absolute Gasteiger partial charge is 0.405 e. The van der Waals surface area contributed by atoms with Crippen LogP contribution in [0.5, 0.6) is 0 Å². The average molecular weight is 1140 g/mol. The van der Waals surface area contributed by atoms with Crippen LogP contribution in [-0.4, -0.2) is 235 Å². The van der Waals surface area contributed by atoms with E-state index in [1.165, 1.54) is 6.92 Å². The van der Waals surface area contributed by atoms with E-state index < -0.39 is 165 Å². The molecular weight excluding hydrogens is 1050 g/mol. The number of hydrogen-bond donors (Lipinski definition) is 16. The molecule has 9 fully saturated rings. The van der Waals surface area contributed by atoms with Gasteiger partial charge in [0, 0.05) is 0 Å². The van der Waals surface area contributed by atoms with E-state index in [2.05, 4.69) is 41.2 Å². The summed E-state index contributed by atoms with van der Waals surface area (Å²) < 4.78 is 45.3. The van der Waals surface area contributed by atoms with Crippen LogP contribution in [0.25, 0.3) is 0 Å². The van der Waals surface area contributed by atoms with E-state index in [0.29, 0.717) is 38.5 Å². The molecule has 0 spiro atoms. The summed E-state index contributed by atoms with van der Waals surface area (Å²) in [7, 11) is 0. The van der Waals surface area contributed by atoms with Crippen molar-refractivity contribution < 1.29 is 124 Å². The average Bonchev–Trinajstić information content (AvgIpc) is 3.99. The van der Waals surface area contributed by atoms with Crippen molar-refractivity contribution in [3.05, 3.63) is 12.2 Å². The molecule has 30 atom stereocenters. The highest BCUT2D eigenvalue weighted by molar-refractivity contribution is 5.78. The van der Waals surface area contributed by atoms with Gasteiger partial charge >= 0.3 is 23.9 Å². The second-order valence-electron chi connectivity index (χ2n) is 26.3.